The Morgan fingerprint density at radius 1 is 1.20 bits per heavy atom. The molecule has 2 aromatic carbocycles. The summed E-state index contributed by atoms with van der Waals surface area (Å²) in [5, 5.41) is 4.16. The lowest BCUT2D eigenvalue weighted by Gasteiger charge is -2.26. The molecule has 4 nitrogen and oxygen atoms in total. The van der Waals surface area contributed by atoms with E-state index in [1.54, 1.807) is 6.26 Å². The first-order valence-corrected chi connectivity index (χ1v) is 8.61. The highest BCUT2D eigenvalue weighted by molar-refractivity contribution is 5.89. The lowest BCUT2D eigenvalue weighted by molar-refractivity contribution is -0.121. The summed E-state index contributed by atoms with van der Waals surface area (Å²) in [6.07, 6.45) is 2.80. The topological polar surface area (TPSA) is 51.5 Å². The molecule has 4 rings (SSSR count). The van der Waals surface area contributed by atoms with Crippen LogP contribution in [-0.4, -0.2) is 12.5 Å². The first kappa shape index (κ1) is 15.8. The Hall–Kier alpha value is -2.75. The molecule has 0 saturated carbocycles. The van der Waals surface area contributed by atoms with Gasteiger partial charge in [0.1, 0.15) is 11.3 Å². The summed E-state index contributed by atoms with van der Waals surface area (Å²) in [7, 11) is 0. The molecule has 25 heavy (non-hydrogen) atoms. The van der Waals surface area contributed by atoms with E-state index in [-0.39, 0.29) is 11.9 Å². The summed E-state index contributed by atoms with van der Waals surface area (Å²) in [6.45, 7) is 4.73. The minimum absolute atomic E-state index is 0.000374. The fourth-order valence-electron chi connectivity index (χ4n) is 3.44. The minimum atomic E-state index is -0.000374. The number of hydrogen-bond donors (Lipinski definition) is 1. The van der Waals surface area contributed by atoms with Crippen LogP contribution in [-0.2, 0) is 11.2 Å². The SMILES string of the molecule is Cc1ccc2c(CC(=O)N[C@@H]3CCOc4ccccc43)coc2c1C. The Balaban J connectivity index is 1.53. The van der Waals surface area contributed by atoms with Gasteiger partial charge in [-0.2, -0.15) is 0 Å². The van der Waals surface area contributed by atoms with Crippen LogP contribution in [0.5, 0.6) is 5.75 Å². The number of hydrogen-bond acceptors (Lipinski definition) is 3. The van der Waals surface area contributed by atoms with Gasteiger partial charge < -0.3 is 14.5 Å². The van der Waals surface area contributed by atoms with E-state index in [1.807, 2.05) is 37.3 Å². The maximum Gasteiger partial charge on any atom is 0.225 e. The van der Waals surface area contributed by atoms with Gasteiger partial charge in [-0.25, -0.2) is 0 Å². The highest BCUT2D eigenvalue weighted by atomic mass is 16.5. The second-order valence-electron chi connectivity index (χ2n) is 6.62. The molecule has 0 unspecified atom stereocenters. The van der Waals surface area contributed by atoms with Crippen LogP contribution >= 0.6 is 0 Å². The highest BCUT2D eigenvalue weighted by Crippen LogP contribution is 2.32. The van der Waals surface area contributed by atoms with Crippen LogP contribution in [0.3, 0.4) is 0 Å². The number of amides is 1. The first-order valence-electron chi connectivity index (χ1n) is 8.61. The quantitative estimate of drug-likeness (QED) is 0.779. The maximum absolute atomic E-state index is 12.6. The highest BCUT2D eigenvalue weighted by Gasteiger charge is 2.23. The number of rotatable bonds is 3. The van der Waals surface area contributed by atoms with Crippen LogP contribution in [0, 0.1) is 13.8 Å². The van der Waals surface area contributed by atoms with Gasteiger partial charge in [-0.15, -0.1) is 0 Å². The van der Waals surface area contributed by atoms with E-state index >= 15 is 0 Å². The number of ether oxygens (including phenoxy) is 1. The second kappa shape index (κ2) is 6.28. The number of para-hydroxylation sites is 1. The summed E-state index contributed by atoms with van der Waals surface area (Å²) >= 11 is 0. The summed E-state index contributed by atoms with van der Waals surface area (Å²) in [6, 6.07) is 12.0. The van der Waals surface area contributed by atoms with Crippen LogP contribution in [0.15, 0.2) is 47.1 Å². The third-order valence-corrected chi connectivity index (χ3v) is 4.99. The molecule has 0 aliphatic carbocycles. The summed E-state index contributed by atoms with van der Waals surface area (Å²) < 4.78 is 11.4. The van der Waals surface area contributed by atoms with Crippen LogP contribution < -0.4 is 10.1 Å². The number of nitrogens with one attached hydrogen (secondary N) is 1. The van der Waals surface area contributed by atoms with E-state index in [9.17, 15) is 4.79 Å². The molecule has 1 atom stereocenters. The lowest BCUT2D eigenvalue weighted by atomic mass is 10.00. The first-order chi connectivity index (χ1) is 12.1. The molecule has 3 aromatic rings. The van der Waals surface area contributed by atoms with Crippen molar-refractivity contribution in [2.24, 2.45) is 0 Å². The van der Waals surface area contributed by atoms with Crippen molar-refractivity contribution in [1.29, 1.82) is 0 Å². The molecular weight excluding hydrogens is 314 g/mol. The fraction of sp³-hybridized carbons (Fsp3) is 0.286. The zero-order valence-corrected chi connectivity index (χ0v) is 14.5. The van der Waals surface area contributed by atoms with Crippen molar-refractivity contribution in [3.8, 4) is 5.75 Å². The van der Waals surface area contributed by atoms with E-state index in [1.165, 1.54) is 5.56 Å². The molecular formula is C21H21NO3. The third-order valence-electron chi connectivity index (χ3n) is 4.99. The zero-order valence-electron chi connectivity index (χ0n) is 14.5. The number of aryl methyl sites for hydroxylation is 2. The number of carbonyl (C=O) groups excluding carboxylic acids is 1. The van der Waals surface area contributed by atoms with Gasteiger partial charge in [0.05, 0.1) is 25.3 Å². The van der Waals surface area contributed by atoms with E-state index in [4.69, 9.17) is 9.15 Å². The van der Waals surface area contributed by atoms with Crippen molar-refractivity contribution in [3.05, 3.63) is 64.9 Å². The fourth-order valence-corrected chi connectivity index (χ4v) is 3.44. The van der Waals surface area contributed by atoms with E-state index in [0.29, 0.717) is 13.0 Å². The van der Waals surface area contributed by atoms with Gasteiger partial charge in [-0.05, 0) is 31.0 Å². The van der Waals surface area contributed by atoms with E-state index < -0.39 is 0 Å². The molecule has 4 heteroatoms. The zero-order chi connectivity index (χ0) is 17.4. The Morgan fingerprint density at radius 2 is 2.04 bits per heavy atom. The van der Waals surface area contributed by atoms with Crippen LogP contribution in [0.25, 0.3) is 11.0 Å². The Labute approximate surface area is 146 Å². The van der Waals surface area contributed by atoms with Gasteiger partial charge in [0.25, 0.3) is 0 Å². The van der Waals surface area contributed by atoms with Gasteiger partial charge in [0.15, 0.2) is 0 Å². The predicted molar refractivity (Wildman–Crippen MR) is 96.8 cm³/mol. The maximum atomic E-state index is 12.6. The molecule has 1 aromatic heterocycles. The smallest absolute Gasteiger partial charge is 0.225 e. The van der Waals surface area contributed by atoms with Gasteiger partial charge in [-0.1, -0.05) is 30.3 Å². The van der Waals surface area contributed by atoms with Crippen molar-refractivity contribution in [2.75, 3.05) is 6.61 Å². The normalized spacial score (nSPS) is 16.3. The Morgan fingerprint density at radius 3 is 2.92 bits per heavy atom. The largest absolute Gasteiger partial charge is 0.493 e. The molecule has 0 saturated heterocycles. The van der Waals surface area contributed by atoms with Crippen LogP contribution in [0.2, 0.25) is 0 Å². The van der Waals surface area contributed by atoms with Crippen molar-refractivity contribution in [3.63, 3.8) is 0 Å². The Kier molecular flexibility index (Phi) is 3.96. The molecule has 1 amide bonds. The molecule has 0 radical (unpaired) electrons. The van der Waals surface area contributed by atoms with E-state index in [2.05, 4.69) is 18.3 Å². The van der Waals surface area contributed by atoms with Gasteiger partial charge in [0, 0.05) is 22.9 Å². The van der Waals surface area contributed by atoms with Gasteiger partial charge in [-0.3, -0.25) is 4.79 Å². The lowest BCUT2D eigenvalue weighted by Crippen LogP contribution is -2.33. The summed E-state index contributed by atoms with van der Waals surface area (Å²) in [5.41, 5.74) is 5.17. The molecule has 1 aliphatic heterocycles. The van der Waals surface area contributed by atoms with Crippen LogP contribution in [0.1, 0.15) is 34.7 Å². The number of benzene rings is 2. The predicted octanol–water partition coefficient (Wildman–Crippen LogP) is 4.23. The standard InChI is InChI=1S/C21H21NO3/c1-13-7-8-16-15(12-25-21(16)14(13)2)11-20(23)22-18-9-10-24-19-6-4-3-5-17(18)19/h3-8,12,18H,9-11H2,1-2H3,(H,22,23)/t18-/m1/s1. The summed E-state index contributed by atoms with van der Waals surface area (Å²) in [4.78, 5) is 12.6. The van der Waals surface area contributed by atoms with E-state index in [0.717, 1.165) is 39.8 Å². The number of furan rings is 1. The van der Waals surface area contributed by atoms with Gasteiger partial charge in [0.2, 0.25) is 5.91 Å². The van der Waals surface area contributed by atoms with Crippen molar-refractivity contribution < 1.29 is 13.9 Å². The van der Waals surface area contributed by atoms with Gasteiger partial charge >= 0.3 is 0 Å². The Bertz CT molecular complexity index is 941. The molecule has 128 valence electrons. The molecule has 0 fully saturated rings. The molecule has 0 spiro atoms. The summed E-state index contributed by atoms with van der Waals surface area (Å²) in [5.74, 6) is 0.863. The monoisotopic (exact) mass is 335 g/mol. The van der Waals surface area contributed by atoms with Crippen molar-refractivity contribution in [1.82, 2.24) is 5.32 Å². The molecule has 0 bridgehead atoms. The molecule has 1 N–H and O–H groups in total. The number of carbonyl (C=O) groups is 1. The molecule has 2 heterocycles. The van der Waals surface area contributed by atoms with Crippen LogP contribution in [0.4, 0.5) is 0 Å². The van der Waals surface area contributed by atoms with Crippen molar-refractivity contribution >= 4 is 16.9 Å². The second-order valence-corrected chi connectivity index (χ2v) is 6.62. The average Bonchev–Trinajstić information content (AvgIpc) is 3.02. The number of fused-ring (bicyclic) bond motifs is 2. The molecule has 1 aliphatic rings. The minimum Gasteiger partial charge on any atom is -0.493 e. The third kappa shape index (κ3) is 2.88. The van der Waals surface area contributed by atoms with Crippen molar-refractivity contribution in [2.45, 2.75) is 32.7 Å². The average molecular weight is 335 g/mol.